The van der Waals surface area contributed by atoms with Crippen LogP contribution in [0.5, 0.6) is 0 Å². The first-order valence-electron chi connectivity index (χ1n) is 4.39. The van der Waals surface area contributed by atoms with E-state index in [4.69, 9.17) is 15.5 Å². The van der Waals surface area contributed by atoms with E-state index >= 15 is 0 Å². The normalized spacial score (nSPS) is 15.1. The number of nitrogens with one attached hydrogen (secondary N) is 1. The highest BCUT2D eigenvalue weighted by molar-refractivity contribution is 7.52. The van der Waals surface area contributed by atoms with Crippen LogP contribution < -0.4 is 11.1 Å². The van der Waals surface area contributed by atoms with Gasteiger partial charge in [-0.2, -0.15) is 0 Å². The SMILES string of the molecule is CC(=O)OCC(NC(=O)[C@H](C)N)P(=O)(O)O. The maximum atomic E-state index is 11.1. The van der Waals surface area contributed by atoms with Crippen molar-refractivity contribution in [2.75, 3.05) is 6.61 Å². The number of ether oxygens (including phenoxy) is 1. The van der Waals surface area contributed by atoms with E-state index in [0.717, 1.165) is 6.92 Å². The van der Waals surface area contributed by atoms with Crippen molar-refractivity contribution in [3.05, 3.63) is 0 Å². The molecule has 0 spiro atoms. The number of hydrogen-bond acceptors (Lipinski definition) is 5. The monoisotopic (exact) mass is 254 g/mol. The Morgan fingerprint density at radius 1 is 1.50 bits per heavy atom. The largest absolute Gasteiger partial charge is 0.463 e. The second-order valence-corrected chi connectivity index (χ2v) is 5.01. The molecule has 0 fully saturated rings. The van der Waals surface area contributed by atoms with Gasteiger partial charge in [-0.15, -0.1) is 0 Å². The fraction of sp³-hybridized carbons (Fsp3) is 0.714. The van der Waals surface area contributed by atoms with Gasteiger partial charge in [-0.05, 0) is 6.92 Å². The summed E-state index contributed by atoms with van der Waals surface area (Å²) in [6, 6.07) is -0.911. The molecule has 0 aromatic heterocycles. The van der Waals surface area contributed by atoms with Gasteiger partial charge in [0, 0.05) is 6.92 Å². The molecule has 0 bridgehead atoms. The molecule has 0 aromatic rings. The van der Waals surface area contributed by atoms with Gasteiger partial charge in [0.2, 0.25) is 5.91 Å². The summed E-state index contributed by atoms with van der Waals surface area (Å²) in [6.07, 6.45) is 0. The van der Waals surface area contributed by atoms with Crippen molar-refractivity contribution in [2.24, 2.45) is 5.73 Å². The van der Waals surface area contributed by atoms with Crippen LogP contribution >= 0.6 is 7.60 Å². The summed E-state index contributed by atoms with van der Waals surface area (Å²) in [5.74, 6) is -3.01. The molecule has 0 aliphatic carbocycles. The molecule has 5 N–H and O–H groups in total. The predicted octanol–water partition coefficient (Wildman–Crippen LogP) is -1.48. The van der Waals surface area contributed by atoms with Gasteiger partial charge in [0.05, 0.1) is 6.04 Å². The van der Waals surface area contributed by atoms with Gasteiger partial charge < -0.3 is 25.6 Å². The van der Waals surface area contributed by atoms with Crippen LogP contribution in [0.2, 0.25) is 0 Å². The van der Waals surface area contributed by atoms with Crippen molar-refractivity contribution in [3.63, 3.8) is 0 Å². The number of amides is 1. The molecule has 9 heteroatoms. The maximum Gasteiger partial charge on any atom is 0.351 e. The minimum absolute atomic E-state index is 0.599. The molecular formula is C7H15N2O6P. The summed E-state index contributed by atoms with van der Waals surface area (Å²) >= 11 is 0. The zero-order chi connectivity index (χ0) is 12.9. The van der Waals surface area contributed by atoms with E-state index in [0.29, 0.717) is 0 Å². The van der Waals surface area contributed by atoms with Crippen LogP contribution in [-0.4, -0.2) is 40.1 Å². The van der Waals surface area contributed by atoms with Crippen LogP contribution in [-0.2, 0) is 18.9 Å². The van der Waals surface area contributed by atoms with Gasteiger partial charge in [0.15, 0.2) is 5.78 Å². The second-order valence-electron chi connectivity index (χ2n) is 3.20. The van der Waals surface area contributed by atoms with Crippen molar-refractivity contribution < 1.29 is 28.7 Å². The number of rotatable bonds is 5. The summed E-state index contributed by atoms with van der Waals surface area (Å²) in [4.78, 5) is 39.4. The Balaban J connectivity index is 4.51. The third-order valence-corrected chi connectivity index (χ3v) is 2.66. The first-order valence-corrected chi connectivity index (χ1v) is 6.07. The van der Waals surface area contributed by atoms with Gasteiger partial charge in [-0.3, -0.25) is 14.2 Å². The van der Waals surface area contributed by atoms with Gasteiger partial charge in [-0.1, -0.05) is 0 Å². The first-order chi connectivity index (χ1) is 7.14. The van der Waals surface area contributed by atoms with E-state index in [-0.39, 0.29) is 0 Å². The van der Waals surface area contributed by atoms with Gasteiger partial charge in [-0.25, -0.2) is 0 Å². The summed E-state index contributed by atoms with van der Waals surface area (Å²) in [6.45, 7) is 1.85. The maximum absolute atomic E-state index is 11.1. The fourth-order valence-corrected chi connectivity index (χ4v) is 1.28. The minimum atomic E-state index is -4.59. The molecule has 0 rings (SSSR count). The lowest BCUT2D eigenvalue weighted by Gasteiger charge is -2.20. The van der Waals surface area contributed by atoms with E-state index in [1.54, 1.807) is 0 Å². The highest BCUT2D eigenvalue weighted by Crippen LogP contribution is 2.39. The highest BCUT2D eigenvalue weighted by Gasteiger charge is 2.32. The van der Waals surface area contributed by atoms with Crippen molar-refractivity contribution in [1.82, 2.24) is 5.32 Å². The lowest BCUT2D eigenvalue weighted by molar-refractivity contribution is -0.141. The third kappa shape index (κ3) is 5.82. The molecule has 0 saturated heterocycles. The third-order valence-electron chi connectivity index (χ3n) is 1.57. The van der Waals surface area contributed by atoms with Crippen LogP contribution in [0.4, 0.5) is 0 Å². The Labute approximate surface area is 92.3 Å². The summed E-state index contributed by atoms with van der Waals surface area (Å²) in [5.41, 5.74) is 5.21. The molecule has 0 radical (unpaired) electrons. The first kappa shape index (κ1) is 15.0. The van der Waals surface area contributed by atoms with E-state index in [2.05, 4.69) is 4.74 Å². The topological polar surface area (TPSA) is 139 Å². The molecule has 2 atom stereocenters. The van der Waals surface area contributed by atoms with Gasteiger partial charge in [0.25, 0.3) is 0 Å². The lowest BCUT2D eigenvalue weighted by Crippen LogP contribution is -2.45. The van der Waals surface area contributed by atoms with Crippen molar-refractivity contribution in [1.29, 1.82) is 0 Å². The molecule has 0 saturated carbocycles. The van der Waals surface area contributed by atoms with Crippen molar-refractivity contribution >= 4 is 19.5 Å². The number of esters is 1. The Bertz CT molecular complexity index is 312. The number of hydrogen-bond donors (Lipinski definition) is 4. The summed E-state index contributed by atoms with van der Waals surface area (Å²) in [7, 11) is -4.59. The quantitative estimate of drug-likeness (QED) is 0.346. The minimum Gasteiger partial charge on any atom is -0.463 e. The van der Waals surface area contributed by atoms with E-state index in [1.807, 2.05) is 5.32 Å². The second kappa shape index (κ2) is 5.95. The Morgan fingerprint density at radius 3 is 2.31 bits per heavy atom. The zero-order valence-corrected chi connectivity index (χ0v) is 9.81. The average Bonchev–Trinajstić information content (AvgIpc) is 2.09. The van der Waals surface area contributed by atoms with Crippen molar-refractivity contribution in [2.45, 2.75) is 25.7 Å². The van der Waals surface area contributed by atoms with Crippen LogP contribution in [0.1, 0.15) is 13.8 Å². The molecule has 8 nitrogen and oxygen atoms in total. The molecule has 0 aliphatic rings. The Morgan fingerprint density at radius 2 is 2.00 bits per heavy atom. The van der Waals surface area contributed by atoms with Crippen LogP contribution in [0.15, 0.2) is 0 Å². The molecule has 0 heterocycles. The zero-order valence-electron chi connectivity index (χ0n) is 8.91. The number of nitrogens with two attached hydrogens (primary N) is 1. The summed E-state index contributed by atoms with van der Waals surface area (Å²) < 4.78 is 15.4. The van der Waals surface area contributed by atoms with Gasteiger partial charge >= 0.3 is 13.6 Å². The molecule has 16 heavy (non-hydrogen) atoms. The molecule has 94 valence electrons. The fourth-order valence-electron chi connectivity index (χ4n) is 0.715. The molecule has 1 unspecified atom stereocenters. The van der Waals surface area contributed by atoms with E-state index in [9.17, 15) is 14.2 Å². The predicted molar refractivity (Wildman–Crippen MR) is 54.3 cm³/mol. The molecule has 1 amide bonds. The van der Waals surface area contributed by atoms with E-state index < -0.39 is 37.9 Å². The van der Waals surface area contributed by atoms with Crippen LogP contribution in [0, 0.1) is 0 Å². The van der Waals surface area contributed by atoms with Crippen LogP contribution in [0.25, 0.3) is 0 Å². The molecule has 0 aliphatic heterocycles. The standard InChI is InChI=1S/C7H15N2O6P/c1-4(8)7(11)9-6(16(12,13)14)3-15-5(2)10/h4,6H,3,8H2,1-2H3,(H,9,11)(H2,12,13,14)/t4-,6?/m0/s1. The van der Waals surface area contributed by atoms with E-state index in [1.165, 1.54) is 6.92 Å². The Kier molecular flexibility index (Phi) is 5.60. The molecule has 0 aromatic carbocycles. The number of carbonyl (C=O) groups excluding carboxylic acids is 2. The smallest absolute Gasteiger partial charge is 0.351 e. The lowest BCUT2D eigenvalue weighted by atomic mass is 10.3. The highest BCUT2D eigenvalue weighted by atomic mass is 31.2. The average molecular weight is 254 g/mol. The van der Waals surface area contributed by atoms with Crippen LogP contribution in [0.3, 0.4) is 0 Å². The summed E-state index contributed by atoms with van der Waals surface area (Å²) in [5, 5.41) is 2.01. The molecular weight excluding hydrogens is 239 g/mol. The Hall–Kier alpha value is -0.950. The van der Waals surface area contributed by atoms with Crippen molar-refractivity contribution in [3.8, 4) is 0 Å². The van der Waals surface area contributed by atoms with Gasteiger partial charge in [0.1, 0.15) is 6.61 Å². The number of carbonyl (C=O) groups is 2.